The normalized spacial score (nSPS) is 10.9. The van der Waals surface area contributed by atoms with Crippen molar-refractivity contribution in [3.05, 3.63) is 82.0 Å². The Bertz CT molecular complexity index is 1250. The van der Waals surface area contributed by atoms with Crippen LogP contribution in [0.15, 0.2) is 69.0 Å². The topological polar surface area (TPSA) is 81.0 Å². The smallest absolute Gasteiger partial charge is 0.252 e. The van der Waals surface area contributed by atoms with E-state index in [4.69, 9.17) is 9.15 Å². The molecule has 2 heterocycles. The van der Waals surface area contributed by atoms with E-state index in [-0.39, 0.29) is 5.56 Å². The molecule has 152 valence electrons. The number of aromatic nitrogens is 3. The lowest BCUT2D eigenvalue weighted by Gasteiger charge is -2.06. The number of rotatable bonds is 6. The van der Waals surface area contributed by atoms with Gasteiger partial charge in [-0.25, -0.2) is 9.97 Å². The third-order valence-electron chi connectivity index (χ3n) is 4.59. The predicted molar refractivity (Wildman–Crippen MR) is 118 cm³/mol. The second-order valence-corrected chi connectivity index (χ2v) is 7.81. The van der Waals surface area contributed by atoms with Gasteiger partial charge in [-0.2, -0.15) is 0 Å². The zero-order chi connectivity index (χ0) is 21.1. The van der Waals surface area contributed by atoms with E-state index in [2.05, 4.69) is 15.0 Å². The van der Waals surface area contributed by atoms with Gasteiger partial charge in [0.15, 0.2) is 5.16 Å². The summed E-state index contributed by atoms with van der Waals surface area (Å²) in [7, 11) is 1.61. The zero-order valence-corrected chi connectivity index (χ0v) is 17.7. The van der Waals surface area contributed by atoms with Gasteiger partial charge in [-0.05, 0) is 38.1 Å². The second kappa shape index (κ2) is 8.59. The largest absolute Gasteiger partial charge is 0.497 e. The highest BCUT2D eigenvalue weighted by Crippen LogP contribution is 2.28. The van der Waals surface area contributed by atoms with Gasteiger partial charge in [0.2, 0.25) is 5.89 Å². The SMILES string of the molecule is COc1cccc(-c2cc(=O)[nH]c(SCc3nc(-c4cccc(C)c4)oc3C)n2)c1. The van der Waals surface area contributed by atoms with Crippen LogP contribution in [0.3, 0.4) is 0 Å². The van der Waals surface area contributed by atoms with Gasteiger partial charge in [-0.3, -0.25) is 4.79 Å². The number of aryl methyl sites for hydroxylation is 2. The van der Waals surface area contributed by atoms with Gasteiger partial charge in [0.25, 0.3) is 5.56 Å². The molecule has 4 rings (SSSR count). The minimum atomic E-state index is -0.206. The second-order valence-electron chi connectivity index (χ2n) is 6.85. The molecule has 0 aliphatic carbocycles. The number of H-pyrrole nitrogens is 1. The molecule has 0 unspecified atom stereocenters. The number of nitrogens with one attached hydrogen (secondary N) is 1. The molecule has 0 amide bonds. The molecule has 7 heteroatoms. The number of hydrogen-bond donors (Lipinski definition) is 1. The Balaban J connectivity index is 1.56. The van der Waals surface area contributed by atoms with E-state index in [0.29, 0.717) is 28.2 Å². The van der Waals surface area contributed by atoms with Crippen molar-refractivity contribution >= 4 is 11.8 Å². The van der Waals surface area contributed by atoms with E-state index in [1.807, 2.05) is 62.4 Å². The number of hydrogen-bond acceptors (Lipinski definition) is 6. The van der Waals surface area contributed by atoms with Crippen molar-refractivity contribution < 1.29 is 9.15 Å². The van der Waals surface area contributed by atoms with Crippen LogP contribution in [0.1, 0.15) is 17.0 Å². The van der Waals surface area contributed by atoms with E-state index < -0.39 is 0 Å². The number of aromatic amines is 1. The molecule has 0 aliphatic rings. The number of oxazole rings is 1. The molecule has 2 aromatic heterocycles. The fraction of sp³-hybridized carbons (Fsp3) is 0.174. The molecular weight excluding hydrogens is 398 g/mol. The number of benzene rings is 2. The summed E-state index contributed by atoms with van der Waals surface area (Å²) in [6.45, 7) is 3.93. The van der Waals surface area contributed by atoms with Gasteiger partial charge in [0.05, 0.1) is 18.5 Å². The number of ether oxygens (including phenoxy) is 1. The van der Waals surface area contributed by atoms with Crippen LogP contribution < -0.4 is 10.3 Å². The standard InChI is InChI=1S/C23H21N3O3S/c1-14-6-4-8-17(10-14)22-24-20(15(2)29-22)13-30-23-25-19(12-21(27)26-23)16-7-5-9-18(11-16)28-3/h4-12H,13H2,1-3H3,(H,25,26,27). The molecule has 0 saturated carbocycles. The fourth-order valence-electron chi connectivity index (χ4n) is 3.03. The third-order valence-corrected chi connectivity index (χ3v) is 5.47. The van der Waals surface area contributed by atoms with Crippen LogP contribution in [0.2, 0.25) is 0 Å². The molecule has 0 bridgehead atoms. The van der Waals surface area contributed by atoms with Crippen molar-refractivity contribution in [2.45, 2.75) is 24.8 Å². The molecular formula is C23H21N3O3S. The van der Waals surface area contributed by atoms with E-state index in [1.165, 1.54) is 17.8 Å². The van der Waals surface area contributed by atoms with Gasteiger partial charge >= 0.3 is 0 Å². The zero-order valence-electron chi connectivity index (χ0n) is 16.9. The highest BCUT2D eigenvalue weighted by Gasteiger charge is 2.13. The minimum Gasteiger partial charge on any atom is -0.497 e. The number of methoxy groups -OCH3 is 1. The van der Waals surface area contributed by atoms with Crippen LogP contribution in [0.25, 0.3) is 22.7 Å². The summed E-state index contributed by atoms with van der Waals surface area (Å²) in [5.41, 5.74) is 4.13. The van der Waals surface area contributed by atoms with Crippen LogP contribution in [0.4, 0.5) is 0 Å². The van der Waals surface area contributed by atoms with Gasteiger partial charge in [-0.15, -0.1) is 0 Å². The Kier molecular flexibility index (Phi) is 5.72. The van der Waals surface area contributed by atoms with Crippen LogP contribution in [0.5, 0.6) is 5.75 Å². The molecule has 0 aliphatic heterocycles. The van der Waals surface area contributed by atoms with Gasteiger partial charge < -0.3 is 14.1 Å². The average molecular weight is 420 g/mol. The van der Waals surface area contributed by atoms with Crippen molar-refractivity contribution in [3.63, 3.8) is 0 Å². The molecule has 0 saturated heterocycles. The summed E-state index contributed by atoms with van der Waals surface area (Å²) < 4.78 is 11.1. The summed E-state index contributed by atoms with van der Waals surface area (Å²) in [5, 5.41) is 0.528. The van der Waals surface area contributed by atoms with Crippen molar-refractivity contribution in [2.75, 3.05) is 7.11 Å². The predicted octanol–water partition coefficient (Wildman–Crippen LogP) is 5.01. The Hall–Kier alpha value is -3.32. The van der Waals surface area contributed by atoms with Crippen molar-refractivity contribution in [1.82, 2.24) is 15.0 Å². The van der Waals surface area contributed by atoms with E-state index in [0.717, 1.165) is 28.1 Å². The summed E-state index contributed by atoms with van der Waals surface area (Å²) in [6.07, 6.45) is 0. The molecule has 0 atom stereocenters. The number of thioether (sulfide) groups is 1. The molecule has 0 spiro atoms. The first-order valence-electron chi connectivity index (χ1n) is 9.44. The molecule has 6 nitrogen and oxygen atoms in total. The summed E-state index contributed by atoms with van der Waals surface area (Å²) in [5.74, 6) is 2.60. The van der Waals surface area contributed by atoms with Crippen molar-refractivity contribution in [2.24, 2.45) is 0 Å². The van der Waals surface area contributed by atoms with Gasteiger partial charge in [0, 0.05) is 22.9 Å². The lowest BCUT2D eigenvalue weighted by atomic mass is 10.1. The molecule has 0 radical (unpaired) electrons. The lowest BCUT2D eigenvalue weighted by Crippen LogP contribution is -2.08. The Morgan fingerprint density at radius 3 is 2.63 bits per heavy atom. The van der Waals surface area contributed by atoms with E-state index >= 15 is 0 Å². The maximum Gasteiger partial charge on any atom is 0.252 e. The monoisotopic (exact) mass is 419 g/mol. The quantitative estimate of drug-likeness (QED) is 0.349. The Morgan fingerprint density at radius 1 is 1.03 bits per heavy atom. The summed E-state index contributed by atoms with van der Waals surface area (Å²) in [6, 6.07) is 17.0. The summed E-state index contributed by atoms with van der Waals surface area (Å²) in [4.78, 5) is 24.2. The van der Waals surface area contributed by atoms with Gasteiger partial charge in [0.1, 0.15) is 11.5 Å². The molecule has 30 heavy (non-hydrogen) atoms. The Morgan fingerprint density at radius 2 is 1.83 bits per heavy atom. The minimum absolute atomic E-state index is 0.206. The first kappa shape index (κ1) is 20.0. The maximum atomic E-state index is 12.2. The molecule has 4 aromatic rings. The van der Waals surface area contributed by atoms with Crippen LogP contribution in [0, 0.1) is 13.8 Å². The lowest BCUT2D eigenvalue weighted by molar-refractivity contribution is 0.415. The van der Waals surface area contributed by atoms with Crippen LogP contribution in [-0.2, 0) is 5.75 Å². The van der Waals surface area contributed by atoms with Gasteiger partial charge in [-0.1, -0.05) is 41.6 Å². The van der Waals surface area contributed by atoms with Crippen molar-refractivity contribution in [3.8, 4) is 28.5 Å². The van der Waals surface area contributed by atoms with E-state index in [9.17, 15) is 4.79 Å². The molecule has 0 fully saturated rings. The first-order chi connectivity index (χ1) is 14.5. The Labute approximate surface area is 178 Å². The average Bonchev–Trinajstić information content (AvgIpc) is 3.12. The third kappa shape index (κ3) is 4.46. The highest BCUT2D eigenvalue weighted by molar-refractivity contribution is 7.98. The first-order valence-corrected chi connectivity index (χ1v) is 10.4. The summed E-state index contributed by atoms with van der Waals surface area (Å²) >= 11 is 1.41. The maximum absolute atomic E-state index is 12.2. The fourth-order valence-corrected chi connectivity index (χ4v) is 3.91. The molecule has 1 N–H and O–H groups in total. The molecule has 2 aromatic carbocycles. The van der Waals surface area contributed by atoms with Crippen LogP contribution in [-0.4, -0.2) is 22.1 Å². The highest BCUT2D eigenvalue weighted by atomic mass is 32.2. The van der Waals surface area contributed by atoms with Crippen molar-refractivity contribution in [1.29, 1.82) is 0 Å². The van der Waals surface area contributed by atoms with Crippen LogP contribution >= 0.6 is 11.8 Å². The van der Waals surface area contributed by atoms with E-state index in [1.54, 1.807) is 7.11 Å². The number of nitrogens with zero attached hydrogens (tertiary/aromatic N) is 2.